The van der Waals surface area contributed by atoms with Gasteiger partial charge < -0.3 is 5.32 Å². The highest BCUT2D eigenvalue weighted by Gasteiger charge is 2.21. The lowest BCUT2D eigenvalue weighted by atomic mass is 9.94. The van der Waals surface area contributed by atoms with Crippen LogP contribution in [0.25, 0.3) is 10.8 Å². The SMILES string of the molecule is CSC1CCCC(Nc2ccc(C#N)c3ccccc23)C1. The molecule has 0 spiro atoms. The zero-order valence-electron chi connectivity index (χ0n) is 12.3. The Morgan fingerprint density at radius 1 is 1.14 bits per heavy atom. The predicted octanol–water partition coefficient (Wildman–Crippen LogP) is 4.80. The van der Waals surface area contributed by atoms with E-state index in [2.05, 4.69) is 29.8 Å². The standard InChI is InChI=1S/C18H20N2S/c1-21-15-6-4-5-14(11-15)20-18-10-9-13(12-19)16-7-2-3-8-17(16)18/h2-3,7-10,14-15,20H,4-6,11H2,1H3. The highest BCUT2D eigenvalue weighted by molar-refractivity contribution is 7.99. The fraction of sp³-hybridized carbons (Fsp3) is 0.389. The van der Waals surface area contributed by atoms with Gasteiger partial charge in [-0.2, -0.15) is 17.0 Å². The zero-order chi connectivity index (χ0) is 14.7. The summed E-state index contributed by atoms with van der Waals surface area (Å²) in [5.74, 6) is 0. The van der Waals surface area contributed by atoms with E-state index in [1.54, 1.807) is 0 Å². The van der Waals surface area contributed by atoms with Crippen molar-refractivity contribution in [2.24, 2.45) is 0 Å². The lowest BCUT2D eigenvalue weighted by molar-refractivity contribution is 0.474. The van der Waals surface area contributed by atoms with Gasteiger partial charge in [0.1, 0.15) is 0 Å². The Morgan fingerprint density at radius 2 is 1.95 bits per heavy atom. The molecule has 0 radical (unpaired) electrons. The summed E-state index contributed by atoms with van der Waals surface area (Å²) in [6, 6.07) is 15.0. The van der Waals surface area contributed by atoms with E-state index in [1.165, 1.54) is 25.7 Å². The summed E-state index contributed by atoms with van der Waals surface area (Å²) in [4.78, 5) is 0. The van der Waals surface area contributed by atoms with Crippen LogP contribution in [-0.2, 0) is 0 Å². The van der Waals surface area contributed by atoms with Crippen molar-refractivity contribution in [1.29, 1.82) is 5.26 Å². The number of benzene rings is 2. The van der Waals surface area contributed by atoms with Crippen LogP contribution in [0, 0.1) is 11.3 Å². The Balaban J connectivity index is 1.89. The highest BCUT2D eigenvalue weighted by atomic mass is 32.2. The number of nitrogens with one attached hydrogen (secondary N) is 1. The van der Waals surface area contributed by atoms with Gasteiger partial charge in [-0.15, -0.1) is 0 Å². The fourth-order valence-corrected chi connectivity index (χ4v) is 4.06. The van der Waals surface area contributed by atoms with E-state index in [-0.39, 0.29) is 0 Å². The first-order valence-corrected chi connectivity index (χ1v) is 8.82. The zero-order valence-corrected chi connectivity index (χ0v) is 13.1. The first-order valence-electron chi connectivity index (χ1n) is 7.53. The van der Waals surface area contributed by atoms with Gasteiger partial charge in [-0.3, -0.25) is 0 Å². The largest absolute Gasteiger partial charge is 0.382 e. The normalized spacial score (nSPS) is 21.9. The third kappa shape index (κ3) is 3.01. The number of thioether (sulfide) groups is 1. The maximum absolute atomic E-state index is 9.24. The number of nitriles is 1. The molecule has 1 N–H and O–H groups in total. The number of nitrogens with zero attached hydrogens (tertiary/aromatic N) is 1. The molecule has 0 aromatic heterocycles. The van der Waals surface area contributed by atoms with Crippen LogP contribution >= 0.6 is 11.8 Å². The van der Waals surface area contributed by atoms with Crippen LogP contribution in [0.15, 0.2) is 36.4 Å². The van der Waals surface area contributed by atoms with Gasteiger partial charge >= 0.3 is 0 Å². The van der Waals surface area contributed by atoms with Crippen LogP contribution in [0.1, 0.15) is 31.2 Å². The van der Waals surface area contributed by atoms with Gasteiger partial charge in [0.25, 0.3) is 0 Å². The first kappa shape index (κ1) is 14.3. The molecule has 108 valence electrons. The van der Waals surface area contributed by atoms with E-state index in [0.717, 1.165) is 27.3 Å². The van der Waals surface area contributed by atoms with Crippen molar-refractivity contribution in [3.8, 4) is 6.07 Å². The molecule has 0 amide bonds. The minimum Gasteiger partial charge on any atom is -0.382 e. The maximum Gasteiger partial charge on any atom is 0.0998 e. The summed E-state index contributed by atoms with van der Waals surface area (Å²) < 4.78 is 0. The van der Waals surface area contributed by atoms with E-state index in [4.69, 9.17) is 0 Å². The van der Waals surface area contributed by atoms with Crippen LogP contribution in [0.2, 0.25) is 0 Å². The van der Waals surface area contributed by atoms with Crippen LogP contribution in [-0.4, -0.2) is 17.5 Å². The van der Waals surface area contributed by atoms with Gasteiger partial charge in [0.15, 0.2) is 0 Å². The molecule has 3 heteroatoms. The summed E-state index contributed by atoms with van der Waals surface area (Å²) in [5, 5.41) is 15.9. The van der Waals surface area contributed by atoms with Crippen molar-refractivity contribution in [1.82, 2.24) is 0 Å². The number of hydrogen-bond donors (Lipinski definition) is 1. The first-order chi connectivity index (χ1) is 10.3. The lowest BCUT2D eigenvalue weighted by Crippen LogP contribution is -2.28. The van der Waals surface area contributed by atoms with Crippen molar-refractivity contribution in [3.63, 3.8) is 0 Å². The Hall–Kier alpha value is -1.66. The second kappa shape index (κ2) is 6.41. The van der Waals surface area contributed by atoms with Crippen LogP contribution in [0.5, 0.6) is 0 Å². The molecule has 0 bridgehead atoms. The van der Waals surface area contributed by atoms with Crippen molar-refractivity contribution in [3.05, 3.63) is 42.0 Å². The quantitative estimate of drug-likeness (QED) is 0.884. The maximum atomic E-state index is 9.24. The summed E-state index contributed by atoms with van der Waals surface area (Å²) in [5.41, 5.74) is 1.91. The molecule has 0 aliphatic heterocycles. The third-order valence-corrected chi connectivity index (χ3v) is 5.46. The van der Waals surface area contributed by atoms with Crippen molar-refractivity contribution < 1.29 is 0 Å². The van der Waals surface area contributed by atoms with Gasteiger partial charge in [-0.1, -0.05) is 30.7 Å². The van der Waals surface area contributed by atoms with E-state index in [1.807, 2.05) is 36.0 Å². The van der Waals surface area contributed by atoms with Crippen LogP contribution in [0.4, 0.5) is 5.69 Å². The highest BCUT2D eigenvalue weighted by Crippen LogP contribution is 2.32. The minimum atomic E-state index is 0.549. The second-order valence-corrected chi connectivity index (χ2v) is 6.82. The monoisotopic (exact) mass is 296 g/mol. The van der Waals surface area contributed by atoms with Crippen LogP contribution in [0.3, 0.4) is 0 Å². The molecule has 2 aromatic carbocycles. The minimum absolute atomic E-state index is 0.549. The Morgan fingerprint density at radius 3 is 2.71 bits per heavy atom. The molecule has 1 saturated carbocycles. The fourth-order valence-electron chi connectivity index (χ4n) is 3.23. The molecular weight excluding hydrogens is 276 g/mol. The van der Waals surface area contributed by atoms with Gasteiger partial charge in [0.05, 0.1) is 11.6 Å². The van der Waals surface area contributed by atoms with E-state index in [0.29, 0.717) is 6.04 Å². The van der Waals surface area contributed by atoms with Gasteiger partial charge in [0, 0.05) is 27.8 Å². The molecule has 3 rings (SSSR count). The molecule has 1 aliphatic carbocycles. The van der Waals surface area contributed by atoms with Gasteiger partial charge in [0.2, 0.25) is 0 Å². The average Bonchev–Trinajstić information content (AvgIpc) is 2.55. The summed E-state index contributed by atoms with van der Waals surface area (Å²) in [7, 11) is 0. The van der Waals surface area contributed by atoms with Crippen molar-refractivity contribution in [2.75, 3.05) is 11.6 Å². The molecule has 0 saturated heterocycles. The van der Waals surface area contributed by atoms with E-state index >= 15 is 0 Å². The van der Waals surface area contributed by atoms with Crippen molar-refractivity contribution in [2.45, 2.75) is 37.0 Å². The number of rotatable bonds is 3. The molecule has 2 aromatic rings. The lowest BCUT2D eigenvalue weighted by Gasteiger charge is -2.29. The summed E-state index contributed by atoms with van der Waals surface area (Å²) >= 11 is 1.99. The second-order valence-electron chi connectivity index (χ2n) is 5.68. The molecule has 0 heterocycles. The summed E-state index contributed by atoms with van der Waals surface area (Å²) in [6.45, 7) is 0. The number of hydrogen-bond acceptors (Lipinski definition) is 3. The topological polar surface area (TPSA) is 35.8 Å². The predicted molar refractivity (Wildman–Crippen MR) is 91.8 cm³/mol. The third-order valence-electron chi connectivity index (χ3n) is 4.36. The average molecular weight is 296 g/mol. The summed E-state index contributed by atoms with van der Waals surface area (Å²) in [6.07, 6.45) is 7.33. The molecule has 21 heavy (non-hydrogen) atoms. The van der Waals surface area contributed by atoms with Gasteiger partial charge in [-0.05, 0) is 37.7 Å². The molecular formula is C18H20N2S. The molecule has 2 atom stereocenters. The Bertz CT molecular complexity index is 674. The molecule has 1 fully saturated rings. The number of anilines is 1. The number of fused-ring (bicyclic) bond motifs is 1. The van der Waals surface area contributed by atoms with Crippen molar-refractivity contribution >= 4 is 28.2 Å². The Labute approximate surface area is 130 Å². The van der Waals surface area contributed by atoms with E-state index < -0.39 is 0 Å². The van der Waals surface area contributed by atoms with Gasteiger partial charge in [-0.25, -0.2) is 0 Å². The smallest absolute Gasteiger partial charge is 0.0998 e. The molecule has 1 aliphatic rings. The molecule has 2 unspecified atom stereocenters. The Kier molecular flexibility index (Phi) is 4.36. The van der Waals surface area contributed by atoms with E-state index in [9.17, 15) is 5.26 Å². The molecule has 2 nitrogen and oxygen atoms in total. The van der Waals surface area contributed by atoms with Crippen LogP contribution < -0.4 is 5.32 Å².